The third kappa shape index (κ3) is 10.1. The SMILES string of the molecule is CC(C)(C)Cc1ccnc(-c2[c-]cc(F)c(F)n2)c1.CC(C)(C)Cc1ccnc(C(=O)O)c1.[Ir]. The Kier molecular flexibility index (Phi) is 10.6. The van der Waals surface area contributed by atoms with Crippen molar-refractivity contribution < 1.29 is 38.8 Å². The second-order valence-electron chi connectivity index (χ2n) is 10.3. The molecule has 0 amide bonds. The van der Waals surface area contributed by atoms with E-state index >= 15 is 0 Å². The first-order valence-corrected chi connectivity index (χ1v) is 10.6. The fourth-order valence-electron chi connectivity index (χ4n) is 3.15. The van der Waals surface area contributed by atoms with Crippen LogP contribution in [-0.4, -0.2) is 26.0 Å². The van der Waals surface area contributed by atoms with Gasteiger partial charge in [0.15, 0.2) is 5.95 Å². The van der Waals surface area contributed by atoms with Crippen LogP contribution in [0.1, 0.15) is 63.2 Å². The molecule has 3 rings (SSSR count). The molecule has 8 heteroatoms. The fraction of sp³-hybridized carbons (Fsp3) is 0.385. The molecule has 0 fully saturated rings. The van der Waals surface area contributed by atoms with Gasteiger partial charge in [-0.05, 0) is 58.8 Å². The summed E-state index contributed by atoms with van der Waals surface area (Å²) in [5.74, 6) is -3.10. The van der Waals surface area contributed by atoms with Gasteiger partial charge in [-0.1, -0.05) is 53.2 Å². The van der Waals surface area contributed by atoms with Crippen LogP contribution in [0.4, 0.5) is 8.78 Å². The molecule has 185 valence electrons. The van der Waals surface area contributed by atoms with E-state index in [-0.39, 0.29) is 42.3 Å². The molecule has 0 aromatic carbocycles. The number of carboxylic acid groups (broad SMARTS) is 1. The van der Waals surface area contributed by atoms with Crippen LogP contribution < -0.4 is 0 Å². The standard InChI is InChI=1S/C15H15F2N2.C11H15NO2.Ir/c1-15(2,3)9-10-6-7-18-13(8-10)12-5-4-11(16)14(17)19-12;1-11(2,3)7-8-4-5-12-9(6-8)10(13)14;/h4,6-8H,9H2,1-3H3;4-6H,7H2,1-3H3,(H,13,14);/q-1;;. The van der Waals surface area contributed by atoms with E-state index in [1.165, 1.54) is 0 Å². The molecule has 0 saturated carbocycles. The van der Waals surface area contributed by atoms with E-state index in [4.69, 9.17) is 5.11 Å². The number of pyridine rings is 3. The molecule has 3 aromatic rings. The van der Waals surface area contributed by atoms with E-state index in [1.807, 2.05) is 18.2 Å². The van der Waals surface area contributed by atoms with Crippen molar-refractivity contribution in [1.29, 1.82) is 0 Å². The Bertz CT molecular complexity index is 1110. The summed E-state index contributed by atoms with van der Waals surface area (Å²) in [7, 11) is 0. The Labute approximate surface area is 213 Å². The summed E-state index contributed by atoms with van der Waals surface area (Å²) in [6, 6.07) is 10.8. The van der Waals surface area contributed by atoms with Crippen LogP contribution in [0.2, 0.25) is 0 Å². The predicted molar refractivity (Wildman–Crippen MR) is 124 cm³/mol. The van der Waals surface area contributed by atoms with Crippen molar-refractivity contribution >= 4 is 5.97 Å². The van der Waals surface area contributed by atoms with Crippen molar-refractivity contribution in [3.63, 3.8) is 0 Å². The Morgan fingerprint density at radius 3 is 1.97 bits per heavy atom. The first-order valence-electron chi connectivity index (χ1n) is 10.6. The number of halogens is 2. The minimum atomic E-state index is -1.13. The average Bonchev–Trinajstić information content (AvgIpc) is 2.68. The van der Waals surface area contributed by atoms with E-state index in [0.29, 0.717) is 5.69 Å². The molecule has 0 unspecified atom stereocenters. The number of nitrogens with zero attached hydrogens (tertiary/aromatic N) is 3. The average molecular weight is 647 g/mol. The second kappa shape index (κ2) is 12.2. The third-order valence-corrected chi connectivity index (χ3v) is 4.32. The van der Waals surface area contributed by atoms with Crippen LogP contribution in [0.3, 0.4) is 0 Å². The van der Waals surface area contributed by atoms with Crippen LogP contribution in [0.15, 0.2) is 42.7 Å². The van der Waals surface area contributed by atoms with Gasteiger partial charge < -0.3 is 10.1 Å². The summed E-state index contributed by atoms with van der Waals surface area (Å²) in [6.45, 7) is 12.8. The van der Waals surface area contributed by atoms with Crippen LogP contribution in [-0.2, 0) is 32.9 Å². The summed E-state index contributed by atoms with van der Waals surface area (Å²) < 4.78 is 25.9. The van der Waals surface area contributed by atoms with Gasteiger partial charge in [0.2, 0.25) is 0 Å². The third-order valence-electron chi connectivity index (χ3n) is 4.32. The summed E-state index contributed by atoms with van der Waals surface area (Å²) in [5, 5.41) is 8.75. The maximum atomic E-state index is 13.1. The Balaban J connectivity index is 0.000000346. The smallest absolute Gasteiger partial charge is 0.354 e. The molecular formula is C26H30F2IrN3O2-. The molecule has 0 bridgehead atoms. The van der Waals surface area contributed by atoms with Crippen LogP contribution >= 0.6 is 0 Å². The van der Waals surface area contributed by atoms with Gasteiger partial charge in [0, 0.05) is 32.5 Å². The van der Waals surface area contributed by atoms with Crippen molar-refractivity contribution in [2.24, 2.45) is 10.8 Å². The topological polar surface area (TPSA) is 76.0 Å². The van der Waals surface area contributed by atoms with E-state index in [1.54, 1.807) is 18.5 Å². The summed E-state index contributed by atoms with van der Waals surface area (Å²) >= 11 is 0. The van der Waals surface area contributed by atoms with Crippen LogP contribution in [0.5, 0.6) is 0 Å². The van der Waals surface area contributed by atoms with E-state index < -0.39 is 17.7 Å². The molecule has 0 aliphatic heterocycles. The maximum Gasteiger partial charge on any atom is 0.354 e. The maximum absolute atomic E-state index is 13.1. The van der Waals surface area contributed by atoms with Gasteiger partial charge in [-0.25, -0.2) is 9.78 Å². The molecule has 0 atom stereocenters. The number of carbonyl (C=O) groups is 1. The van der Waals surface area contributed by atoms with Crippen molar-refractivity contribution in [1.82, 2.24) is 15.0 Å². The molecule has 1 radical (unpaired) electrons. The molecule has 3 aromatic heterocycles. The van der Waals surface area contributed by atoms with Gasteiger partial charge in [0.05, 0.1) is 5.82 Å². The van der Waals surface area contributed by atoms with Gasteiger partial charge in [-0.15, -0.1) is 6.07 Å². The minimum Gasteiger partial charge on any atom is -0.477 e. The summed E-state index contributed by atoms with van der Waals surface area (Å²) in [6.07, 6.45) is 4.92. The van der Waals surface area contributed by atoms with Crippen molar-refractivity contribution in [3.05, 3.63) is 77.4 Å². The molecule has 34 heavy (non-hydrogen) atoms. The van der Waals surface area contributed by atoms with Crippen LogP contribution in [0, 0.1) is 28.7 Å². The van der Waals surface area contributed by atoms with Crippen molar-refractivity contribution in [2.45, 2.75) is 54.4 Å². The van der Waals surface area contributed by atoms with Gasteiger partial charge in [-0.2, -0.15) is 10.5 Å². The van der Waals surface area contributed by atoms with Gasteiger partial charge in [0.25, 0.3) is 0 Å². The molecule has 0 saturated heterocycles. The largest absolute Gasteiger partial charge is 0.477 e. The first-order chi connectivity index (χ1) is 15.2. The number of rotatable bonds is 4. The number of aromatic carboxylic acids is 1. The second-order valence-corrected chi connectivity index (χ2v) is 10.3. The normalized spacial score (nSPS) is 11.2. The monoisotopic (exact) mass is 647 g/mol. The molecule has 0 aliphatic rings. The zero-order chi connectivity index (χ0) is 24.8. The fourth-order valence-corrected chi connectivity index (χ4v) is 3.15. The predicted octanol–water partition coefficient (Wildman–Crippen LogP) is 6.18. The summed E-state index contributed by atoms with van der Waals surface area (Å²) in [5.41, 5.74) is 3.24. The number of hydrogen-bond acceptors (Lipinski definition) is 4. The van der Waals surface area contributed by atoms with Crippen molar-refractivity contribution in [3.8, 4) is 11.4 Å². The molecule has 1 N–H and O–H groups in total. The number of aromatic nitrogens is 3. The molecular weight excluding hydrogens is 617 g/mol. The van der Waals surface area contributed by atoms with Gasteiger partial charge in [-0.3, -0.25) is 9.37 Å². The zero-order valence-corrected chi connectivity index (χ0v) is 22.6. The van der Waals surface area contributed by atoms with E-state index in [2.05, 4.69) is 62.6 Å². The Morgan fingerprint density at radius 1 is 0.941 bits per heavy atom. The first kappa shape index (κ1) is 29.5. The van der Waals surface area contributed by atoms with E-state index in [0.717, 1.165) is 30.0 Å². The summed E-state index contributed by atoms with van der Waals surface area (Å²) in [4.78, 5) is 22.1. The Morgan fingerprint density at radius 2 is 1.47 bits per heavy atom. The van der Waals surface area contributed by atoms with Crippen molar-refractivity contribution in [2.75, 3.05) is 0 Å². The molecule has 5 nitrogen and oxygen atoms in total. The molecule has 0 aliphatic carbocycles. The number of carboxylic acids is 1. The molecule has 3 heterocycles. The van der Waals surface area contributed by atoms with Gasteiger partial charge in [0.1, 0.15) is 5.69 Å². The quantitative estimate of drug-likeness (QED) is 0.271. The Hall–Kier alpha value is -2.57. The molecule has 0 spiro atoms. The van der Waals surface area contributed by atoms with Crippen LogP contribution in [0.25, 0.3) is 11.4 Å². The minimum absolute atomic E-state index is 0. The van der Waals surface area contributed by atoms with E-state index in [9.17, 15) is 13.6 Å². The number of hydrogen-bond donors (Lipinski definition) is 1. The van der Waals surface area contributed by atoms with Gasteiger partial charge >= 0.3 is 5.97 Å². The zero-order valence-electron chi connectivity index (χ0n) is 20.2.